The van der Waals surface area contributed by atoms with Crippen LogP contribution in [0.15, 0.2) is 12.1 Å². The van der Waals surface area contributed by atoms with E-state index in [4.69, 9.17) is 10.5 Å². The molecule has 0 bridgehead atoms. The van der Waals surface area contributed by atoms with Crippen LogP contribution in [-0.4, -0.2) is 32.6 Å². The lowest BCUT2D eigenvalue weighted by Gasteiger charge is -2.14. The number of hydrogen-bond acceptors (Lipinski definition) is 4. The van der Waals surface area contributed by atoms with Crippen molar-refractivity contribution in [2.75, 3.05) is 18.1 Å². The van der Waals surface area contributed by atoms with Gasteiger partial charge in [-0.1, -0.05) is 0 Å². The second kappa shape index (κ2) is 5.42. The lowest BCUT2D eigenvalue weighted by atomic mass is 10.1. The van der Waals surface area contributed by atoms with Crippen molar-refractivity contribution in [1.82, 2.24) is 0 Å². The van der Waals surface area contributed by atoms with Gasteiger partial charge in [0.05, 0.1) is 11.5 Å². The zero-order valence-corrected chi connectivity index (χ0v) is 11.1. The molecule has 0 radical (unpaired) electrons. The fourth-order valence-electron chi connectivity index (χ4n) is 2.06. The Labute approximate surface area is 110 Å². The molecule has 7 heteroatoms. The summed E-state index contributed by atoms with van der Waals surface area (Å²) in [6.07, 6.45) is -0.0631. The fraction of sp³-hybridized carbons (Fsp3) is 0.500. The number of ether oxygens (including phenoxy) is 1. The molecule has 0 aromatic heterocycles. The molecular weight excluding hydrogens is 276 g/mol. The summed E-state index contributed by atoms with van der Waals surface area (Å²) in [5, 5.41) is 0. The summed E-state index contributed by atoms with van der Waals surface area (Å²) < 4.78 is 55.1. The van der Waals surface area contributed by atoms with E-state index in [9.17, 15) is 17.2 Å². The summed E-state index contributed by atoms with van der Waals surface area (Å²) in [6, 6.07) is 2.32. The van der Waals surface area contributed by atoms with E-state index in [1.165, 1.54) is 0 Å². The van der Waals surface area contributed by atoms with Crippen LogP contribution in [0.3, 0.4) is 0 Å². The van der Waals surface area contributed by atoms with E-state index in [2.05, 4.69) is 0 Å². The zero-order chi connectivity index (χ0) is 14.0. The highest BCUT2D eigenvalue weighted by Crippen LogP contribution is 2.27. The molecule has 4 nitrogen and oxygen atoms in total. The lowest BCUT2D eigenvalue weighted by molar-refractivity contribution is 0.207. The van der Waals surface area contributed by atoms with Gasteiger partial charge in [0.1, 0.15) is 6.10 Å². The largest absolute Gasteiger partial charge is 0.483 e. The Morgan fingerprint density at radius 3 is 2.42 bits per heavy atom. The van der Waals surface area contributed by atoms with Crippen molar-refractivity contribution in [2.24, 2.45) is 5.73 Å². The molecule has 0 aliphatic carbocycles. The Kier molecular flexibility index (Phi) is 4.05. The van der Waals surface area contributed by atoms with E-state index < -0.39 is 33.3 Å². The summed E-state index contributed by atoms with van der Waals surface area (Å²) in [5.41, 5.74) is 5.77. The quantitative estimate of drug-likeness (QED) is 0.899. The van der Waals surface area contributed by atoms with Crippen LogP contribution in [-0.2, 0) is 16.3 Å². The normalized spacial score (nSPS) is 21.5. The van der Waals surface area contributed by atoms with Crippen LogP contribution in [0.4, 0.5) is 8.78 Å². The van der Waals surface area contributed by atoms with Gasteiger partial charge in [0.15, 0.2) is 27.2 Å². The minimum atomic E-state index is -3.14. The highest BCUT2D eigenvalue weighted by Gasteiger charge is 2.30. The van der Waals surface area contributed by atoms with Gasteiger partial charge >= 0.3 is 0 Å². The molecular formula is C12H15F2NO3S. The minimum absolute atomic E-state index is 0.00778. The third-order valence-corrected chi connectivity index (χ3v) is 4.70. The van der Waals surface area contributed by atoms with Crippen molar-refractivity contribution in [2.45, 2.75) is 18.9 Å². The van der Waals surface area contributed by atoms with E-state index >= 15 is 0 Å². The van der Waals surface area contributed by atoms with Gasteiger partial charge in [-0.05, 0) is 37.1 Å². The summed E-state index contributed by atoms with van der Waals surface area (Å²) in [5.74, 6) is -2.37. The third kappa shape index (κ3) is 3.42. The maximum Gasteiger partial charge on any atom is 0.191 e. The Bertz CT molecular complexity index is 551. The Morgan fingerprint density at radius 1 is 1.32 bits per heavy atom. The minimum Gasteiger partial charge on any atom is -0.483 e. The van der Waals surface area contributed by atoms with Gasteiger partial charge in [0.25, 0.3) is 0 Å². The Morgan fingerprint density at radius 2 is 1.95 bits per heavy atom. The number of sulfone groups is 1. The molecule has 1 fully saturated rings. The molecule has 1 aromatic carbocycles. The predicted molar refractivity (Wildman–Crippen MR) is 66.8 cm³/mol. The monoisotopic (exact) mass is 291 g/mol. The molecule has 1 aliphatic rings. The Hall–Kier alpha value is -1.21. The fourth-order valence-corrected chi connectivity index (χ4v) is 3.65. The van der Waals surface area contributed by atoms with Crippen molar-refractivity contribution >= 4 is 9.84 Å². The highest BCUT2D eigenvalue weighted by atomic mass is 32.2. The van der Waals surface area contributed by atoms with E-state index in [1.807, 2.05) is 0 Å². The van der Waals surface area contributed by atoms with Gasteiger partial charge in [0, 0.05) is 0 Å². The molecule has 0 amide bonds. The average molecular weight is 291 g/mol. The van der Waals surface area contributed by atoms with Crippen LogP contribution < -0.4 is 10.5 Å². The number of nitrogens with two attached hydrogens (primary N) is 1. The zero-order valence-electron chi connectivity index (χ0n) is 10.2. The van der Waals surface area contributed by atoms with E-state index in [0.717, 1.165) is 12.1 Å². The van der Waals surface area contributed by atoms with Gasteiger partial charge in [-0.2, -0.15) is 0 Å². The molecule has 0 spiro atoms. The van der Waals surface area contributed by atoms with Crippen molar-refractivity contribution in [3.63, 3.8) is 0 Å². The lowest BCUT2D eigenvalue weighted by Crippen LogP contribution is -2.19. The third-order valence-electron chi connectivity index (χ3n) is 2.97. The predicted octanol–water partition coefficient (Wildman–Crippen LogP) is 1.03. The van der Waals surface area contributed by atoms with Crippen molar-refractivity contribution in [3.8, 4) is 5.75 Å². The molecule has 1 saturated heterocycles. The van der Waals surface area contributed by atoms with Crippen LogP contribution in [0, 0.1) is 11.6 Å². The second-order valence-electron chi connectivity index (χ2n) is 4.57. The van der Waals surface area contributed by atoms with Gasteiger partial charge < -0.3 is 10.5 Å². The van der Waals surface area contributed by atoms with Gasteiger partial charge in [0.2, 0.25) is 0 Å². The molecule has 1 aromatic rings. The highest BCUT2D eigenvalue weighted by molar-refractivity contribution is 7.91. The summed E-state index contributed by atoms with van der Waals surface area (Å²) >= 11 is 0. The van der Waals surface area contributed by atoms with Gasteiger partial charge in [-0.3, -0.25) is 0 Å². The molecule has 1 heterocycles. The molecule has 19 heavy (non-hydrogen) atoms. The van der Waals surface area contributed by atoms with Crippen LogP contribution >= 0.6 is 0 Å². The average Bonchev–Trinajstić information content (AvgIpc) is 2.64. The number of benzene rings is 1. The van der Waals surface area contributed by atoms with Crippen LogP contribution in [0.25, 0.3) is 0 Å². The van der Waals surface area contributed by atoms with E-state index in [1.54, 1.807) is 0 Å². The maximum absolute atomic E-state index is 13.7. The van der Waals surface area contributed by atoms with Crippen LogP contribution in [0.1, 0.15) is 12.0 Å². The first-order valence-electron chi connectivity index (χ1n) is 5.96. The SMILES string of the molecule is NCCc1cc(F)c(OC2CCS(=O)(=O)C2)c(F)c1. The number of rotatable bonds is 4. The standard InChI is InChI=1S/C12H15F2NO3S/c13-10-5-8(1-3-15)6-11(14)12(10)18-9-2-4-19(16,17)7-9/h5-6,9H,1-4,7,15H2. The van der Waals surface area contributed by atoms with Crippen LogP contribution in [0.2, 0.25) is 0 Å². The molecule has 2 N–H and O–H groups in total. The van der Waals surface area contributed by atoms with E-state index in [-0.39, 0.29) is 17.9 Å². The summed E-state index contributed by atoms with van der Waals surface area (Å²) in [6.45, 7) is 0.292. The van der Waals surface area contributed by atoms with Crippen molar-refractivity contribution in [3.05, 3.63) is 29.3 Å². The molecule has 2 rings (SSSR count). The first kappa shape index (κ1) is 14.2. The topological polar surface area (TPSA) is 69.4 Å². The van der Waals surface area contributed by atoms with Crippen molar-refractivity contribution in [1.29, 1.82) is 0 Å². The first-order valence-corrected chi connectivity index (χ1v) is 7.78. The number of hydrogen-bond donors (Lipinski definition) is 1. The molecule has 1 unspecified atom stereocenters. The molecule has 106 valence electrons. The van der Waals surface area contributed by atoms with Crippen LogP contribution in [0.5, 0.6) is 5.75 Å². The molecule has 1 atom stereocenters. The van der Waals surface area contributed by atoms with Gasteiger partial charge in [-0.25, -0.2) is 17.2 Å². The molecule has 0 saturated carbocycles. The van der Waals surface area contributed by atoms with Gasteiger partial charge in [-0.15, -0.1) is 0 Å². The number of halogens is 2. The Balaban J connectivity index is 2.17. The summed E-state index contributed by atoms with van der Waals surface area (Å²) in [7, 11) is -3.14. The first-order chi connectivity index (χ1) is 8.91. The molecule has 1 aliphatic heterocycles. The summed E-state index contributed by atoms with van der Waals surface area (Å²) in [4.78, 5) is 0. The van der Waals surface area contributed by atoms with E-state index in [0.29, 0.717) is 18.5 Å². The second-order valence-corrected chi connectivity index (χ2v) is 6.80. The van der Waals surface area contributed by atoms with Crippen molar-refractivity contribution < 1.29 is 21.9 Å². The smallest absolute Gasteiger partial charge is 0.191 e. The maximum atomic E-state index is 13.7.